The van der Waals surface area contributed by atoms with Gasteiger partial charge in [0.25, 0.3) is 5.91 Å². The topological polar surface area (TPSA) is 137 Å². The lowest BCUT2D eigenvalue weighted by molar-refractivity contribution is -0.265. The van der Waals surface area contributed by atoms with E-state index >= 15 is 0 Å². The first-order valence-corrected chi connectivity index (χ1v) is 14.6. The molecule has 0 radical (unpaired) electrons. The number of halogens is 5. The van der Waals surface area contributed by atoms with Crippen molar-refractivity contribution in [3.63, 3.8) is 0 Å². The smallest absolute Gasteiger partial charge is 0.424 e. The molecule has 45 heavy (non-hydrogen) atoms. The number of hydrogen-bond acceptors (Lipinski definition) is 7. The first-order valence-electron chi connectivity index (χ1n) is 13.8. The Morgan fingerprint density at radius 2 is 1.89 bits per heavy atom. The summed E-state index contributed by atoms with van der Waals surface area (Å²) in [4.78, 5) is 34.2. The number of carbonyl (C=O) groups excluding carboxylic acids is 2. The SMILES string of the molecule is C[C@]1(C(N)=O)COc2c1cc([C@@](O)(CNC(=O)c1cc(OC3CC3)c3ncc(Br)cc3c1)C(F)(F)F)nc2-c1ccc(F)cc1. The molecule has 1 aliphatic carbocycles. The number of hydrogen-bond donors (Lipinski definition) is 3. The quantitative estimate of drug-likeness (QED) is 0.220. The predicted molar refractivity (Wildman–Crippen MR) is 157 cm³/mol. The number of rotatable bonds is 8. The van der Waals surface area contributed by atoms with Crippen molar-refractivity contribution in [2.45, 2.75) is 43.1 Å². The zero-order valence-corrected chi connectivity index (χ0v) is 25.1. The van der Waals surface area contributed by atoms with Gasteiger partial charge in [-0.15, -0.1) is 0 Å². The van der Waals surface area contributed by atoms with E-state index in [4.69, 9.17) is 15.2 Å². The summed E-state index contributed by atoms with van der Waals surface area (Å²) in [7, 11) is 0. The van der Waals surface area contributed by atoms with Gasteiger partial charge >= 0.3 is 6.18 Å². The van der Waals surface area contributed by atoms with E-state index in [0.29, 0.717) is 21.1 Å². The highest BCUT2D eigenvalue weighted by atomic mass is 79.9. The van der Waals surface area contributed by atoms with Crippen LogP contribution in [0.15, 0.2) is 59.2 Å². The number of nitrogens with zero attached hydrogens (tertiary/aromatic N) is 2. The Kier molecular flexibility index (Phi) is 7.47. The second-order valence-electron chi connectivity index (χ2n) is 11.3. The molecule has 1 saturated carbocycles. The standard InChI is InChI=1S/C31H25BrF4N4O5/c1-29(28(37)42)14-44-26-21(29)11-23(40-25(26)15-2-4-19(33)5-3-15)30(43,31(34,35)36)13-39-27(41)17-8-16-9-18(32)12-38-24(16)22(10-17)45-20-6-7-20/h2-5,8-12,20,43H,6-7,13-14H2,1H3,(H2,37,42)(H,39,41)/t29-,30-/m0/s1. The van der Waals surface area contributed by atoms with E-state index in [-0.39, 0.29) is 40.8 Å². The van der Waals surface area contributed by atoms with Crippen LogP contribution in [0.1, 0.15) is 41.4 Å². The molecular formula is C31H25BrF4N4O5. The summed E-state index contributed by atoms with van der Waals surface area (Å²) in [5.74, 6) is -2.14. The van der Waals surface area contributed by atoms with Crippen LogP contribution in [0.4, 0.5) is 17.6 Å². The normalized spacial score (nSPS) is 19.0. The Morgan fingerprint density at radius 1 is 1.18 bits per heavy atom. The Morgan fingerprint density at radius 3 is 2.53 bits per heavy atom. The molecule has 1 fully saturated rings. The molecule has 14 heteroatoms. The lowest BCUT2D eigenvalue weighted by Crippen LogP contribution is -2.51. The van der Waals surface area contributed by atoms with Gasteiger partial charge in [-0.3, -0.25) is 14.6 Å². The Balaban J connectivity index is 1.40. The van der Waals surface area contributed by atoms with Gasteiger partial charge in [0.15, 0.2) is 0 Å². The molecule has 2 amide bonds. The molecular weight excluding hydrogens is 664 g/mol. The number of nitrogens with one attached hydrogen (secondary N) is 1. The van der Waals surface area contributed by atoms with Crippen LogP contribution in [0.5, 0.6) is 11.5 Å². The Labute approximate surface area is 261 Å². The fourth-order valence-electron chi connectivity index (χ4n) is 5.02. The Hall–Kier alpha value is -4.30. The van der Waals surface area contributed by atoms with Crippen molar-refractivity contribution in [2.24, 2.45) is 5.73 Å². The number of alkyl halides is 3. The van der Waals surface area contributed by atoms with Crippen molar-refractivity contribution >= 4 is 38.6 Å². The van der Waals surface area contributed by atoms with Crippen LogP contribution in [-0.2, 0) is 15.8 Å². The Bertz CT molecular complexity index is 1850. The molecule has 234 valence electrons. The number of ether oxygens (including phenoxy) is 2. The number of pyridine rings is 2. The average molecular weight is 689 g/mol. The van der Waals surface area contributed by atoms with Crippen molar-refractivity contribution in [3.05, 3.63) is 81.8 Å². The molecule has 2 aromatic heterocycles. The third-order valence-corrected chi connectivity index (χ3v) is 8.36. The maximum Gasteiger partial charge on any atom is 0.424 e. The van der Waals surface area contributed by atoms with Crippen LogP contribution < -0.4 is 20.5 Å². The summed E-state index contributed by atoms with van der Waals surface area (Å²) < 4.78 is 70.1. The molecule has 1 aliphatic heterocycles. The zero-order valence-electron chi connectivity index (χ0n) is 23.5. The van der Waals surface area contributed by atoms with Crippen LogP contribution in [0, 0.1) is 5.82 Å². The molecule has 3 heterocycles. The number of fused-ring (bicyclic) bond motifs is 2. The van der Waals surface area contributed by atoms with Gasteiger partial charge in [-0.1, -0.05) is 0 Å². The summed E-state index contributed by atoms with van der Waals surface area (Å²) in [5.41, 5.74) is -0.204. The minimum absolute atomic E-state index is 0.0220. The van der Waals surface area contributed by atoms with E-state index in [9.17, 15) is 32.3 Å². The molecule has 0 saturated heterocycles. The molecule has 2 aromatic carbocycles. The molecule has 0 bridgehead atoms. The molecule has 4 N–H and O–H groups in total. The van der Waals surface area contributed by atoms with E-state index in [2.05, 4.69) is 31.2 Å². The monoisotopic (exact) mass is 688 g/mol. The summed E-state index contributed by atoms with van der Waals surface area (Å²) >= 11 is 3.33. The maximum absolute atomic E-state index is 14.8. The van der Waals surface area contributed by atoms with Crippen LogP contribution >= 0.6 is 15.9 Å². The minimum atomic E-state index is -5.36. The number of amides is 2. The molecule has 0 unspecified atom stereocenters. The van der Waals surface area contributed by atoms with Crippen molar-refractivity contribution in [1.29, 1.82) is 0 Å². The first kappa shape index (κ1) is 30.7. The summed E-state index contributed by atoms with van der Waals surface area (Å²) in [6.07, 6.45) is -2.21. The van der Waals surface area contributed by atoms with Gasteiger partial charge in [0.2, 0.25) is 11.5 Å². The van der Waals surface area contributed by atoms with Crippen LogP contribution in [-0.4, -0.2) is 52.3 Å². The summed E-state index contributed by atoms with van der Waals surface area (Å²) in [6, 6.07) is 10.1. The molecule has 0 spiro atoms. The number of aliphatic hydroxyl groups is 1. The number of primary amides is 1. The van der Waals surface area contributed by atoms with E-state index in [0.717, 1.165) is 31.0 Å². The first-order chi connectivity index (χ1) is 21.2. The molecule has 9 nitrogen and oxygen atoms in total. The summed E-state index contributed by atoms with van der Waals surface area (Å²) in [5, 5.41) is 14.0. The van der Waals surface area contributed by atoms with E-state index in [1.54, 1.807) is 12.3 Å². The lowest BCUT2D eigenvalue weighted by atomic mass is 9.81. The molecule has 2 atom stereocenters. The van der Waals surface area contributed by atoms with Gasteiger partial charge in [0.1, 0.15) is 40.5 Å². The third-order valence-electron chi connectivity index (χ3n) is 7.93. The molecule has 4 aromatic rings. The van der Waals surface area contributed by atoms with Gasteiger partial charge in [0.05, 0.1) is 18.3 Å². The van der Waals surface area contributed by atoms with E-state index in [1.165, 1.54) is 31.2 Å². The van der Waals surface area contributed by atoms with Crippen molar-refractivity contribution < 1.29 is 41.7 Å². The predicted octanol–water partition coefficient (Wildman–Crippen LogP) is 5.05. The van der Waals surface area contributed by atoms with Crippen molar-refractivity contribution in [2.75, 3.05) is 13.2 Å². The van der Waals surface area contributed by atoms with E-state index in [1.807, 2.05) is 0 Å². The highest BCUT2D eigenvalue weighted by Gasteiger charge is 2.57. The van der Waals surface area contributed by atoms with Crippen LogP contribution in [0.3, 0.4) is 0 Å². The number of nitrogens with two attached hydrogens (primary N) is 1. The maximum atomic E-state index is 14.8. The summed E-state index contributed by atoms with van der Waals surface area (Å²) in [6.45, 7) is -0.246. The molecule has 2 aliphatic rings. The van der Waals surface area contributed by atoms with Gasteiger partial charge in [0, 0.05) is 32.7 Å². The average Bonchev–Trinajstić information content (AvgIpc) is 3.74. The fraction of sp³-hybridized carbons (Fsp3) is 0.290. The highest BCUT2D eigenvalue weighted by Crippen LogP contribution is 2.47. The van der Waals surface area contributed by atoms with Crippen molar-refractivity contribution in [1.82, 2.24) is 15.3 Å². The van der Waals surface area contributed by atoms with Crippen LogP contribution in [0.2, 0.25) is 0 Å². The number of carbonyl (C=O) groups is 2. The second kappa shape index (κ2) is 10.9. The minimum Gasteiger partial charge on any atom is -0.489 e. The fourth-order valence-corrected chi connectivity index (χ4v) is 5.37. The zero-order chi connectivity index (χ0) is 32.3. The van der Waals surface area contributed by atoms with E-state index < -0.39 is 47.1 Å². The number of benzene rings is 2. The largest absolute Gasteiger partial charge is 0.489 e. The van der Waals surface area contributed by atoms with Gasteiger partial charge in [-0.2, -0.15) is 13.2 Å². The second-order valence-corrected chi connectivity index (χ2v) is 12.2. The molecule has 6 rings (SSSR count). The van der Waals surface area contributed by atoms with Crippen LogP contribution in [0.25, 0.3) is 22.2 Å². The third kappa shape index (κ3) is 5.56. The lowest BCUT2D eigenvalue weighted by Gasteiger charge is -2.31. The number of aromatic nitrogens is 2. The van der Waals surface area contributed by atoms with Gasteiger partial charge in [-0.05, 0) is 84.2 Å². The van der Waals surface area contributed by atoms with Gasteiger partial charge in [-0.25, -0.2) is 9.37 Å². The highest BCUT2D eigenvalue weighted by molar-refractivity contribution is 9.10. The van der Waals surface area contributed by atoms with Gasteiger partial charge < -0.3 is 25.6 Å². The van der Waals surface area contributed by atoms with Crippen molar-refractivity contribution in [3.8, 4) is 22.8 Å².